The second kappa shape index (κ2) is 7.20. The minimum absolute atomic E-state index is 0.00513. The lowest BCUT2D eigenvalue weighted by Gasteiger charge is -2.20. The van der Waals surface area contributed by atoms with E-state index in [2.05, 4.69) is 40.3 Å². The maximum absolute atomic E-state index is 13.4. The van der Waals surface area contributed by atoms with Gasteiger partial charge in [-0.3, -0.25) is 4.79 Å². The molecule has 0 spiro atoms. The van der Waals surface area contributed by atoms with E-state index in [1.807, 2.05) is 46.6 Å². The normalized spacial score (nSPS) is 13.9. The van der Waals surface area contributed by atoms with Crippen molar-refractivity contribution in [2.24, 2.45) is 14.1 Å². The molecule has 0 fully saturated rings. The minimum atomic E-state index is -0.00513. The van der Waals surface area contributed by atoms with Gasteiger partial charge in [-0.05, 0) is 41.5 Å². The summed E-state index contributed by atoms with van der Waals surface area (Å²) in [6.45, 7) is 1.50. The zero-order chi connectivity index (χ0) is 21.8. The number of aromatic nitrogens is 4. The number of benzene rings is 2. The maximum atomic E-state index is 13.4. The zero-order valence-electron chi connectivity index (χ0n) is 17.8. The molecule has 0 radical (unpaired) electrons. The molecule has 0 saturated heterocycles. The van der Waals surface area contributed by atoms with Gasteiger partial charge in [-0.2, -0.15) is 0 Å². The van der Waals surface area contributed by atoms with Crippen LogP contribution in [0.5, 0.6) is 5.75 Å². The van der Waals surface area contributed by atoms with Crippen LogP contribution in [0, 0.1) is 0 Å². The number of rotatable bonds is 2. The molecule has 0 N–H and O–H groups in total. The molecule has 0 saturated carbocycles. The quantitative estimate of drug-likeness (QED) is 0.410. The summed E-state index contributed by atoms with van der Waals surface area (Å²) in [5.41, 5.74) is 8.54. The summed E-state index contributed by atoms with van der Waals surface area (Å²) < 4.78 is 10.9. The number of fused-ring (bicyclic) bond motifs is 3. The lowest BCUT2D eigenvalue weighted by molar-refractivity contribution is 0.0724. The Morgan fingerprint density at radius 2 is 1.91 bits per heavy atom. The molecular weight excluding hydrogens is 422 g/mol. The number of imidazole rings is 1. The van der Waals surface area contributed by atoms with Gasteiger partial charge in [-0.15, -0.1) is 11.3 Å². The Balaban J connectivity index is 1.34. The summed E-state index contributed by atoms with van der Waals surface area (Å²) in [5.74, 6) is 0.826. The maximum Gasteiger partial charge on any atom is 0.271 e. The fraction of sp³-hybridized carbons (Fsp3) is 0.208. The Labute approximate surface area is 188 Å². The Morgan fingerprint density at radius 1 is 1.06 bits per heavy atom. The topological polar surface area (TPSA) is 65.2 Å². The van der Waals surface area contributed by atoms with Crippen LogP contribution in [-0.4, -0.2) is 43.1 Å². The molecule has 7 nitrogen and oxygen atoms in total. The summed E-state index contributed by atoms with van der Waals surface area (Å²) >= 11 is 1.55. The standard InChI is InChI=1S/C24H21N5O2S/c1-27-13-25-18-10-16(3-5-19(18)27)15-4-6-21-17(9-15)12-29(7-8-31-21)24(30)20-11-22-23(28(20)2)26-14-32-22/h3-6,9-11,13-14H,7-8,12H2,1-2H3. The summed E-state index contributed by atoms with van der Waals surface area (Å²) in [7, 11) is 3.89. The molecule has 1 aliphatic rings. The zero-order valence-corrected chi connectivity index (χ0v) is 18.6. The molecule has 6 rings (SSSR count). The molecule has 1 amide bonds. The Hall–Kier alpha value is -3.65. The number of hydrogen-bond donors (Lipinski definition) is 0. The number of ether oxygens (including phenoxy) is 1. The molecule has 0 atom stereocenters. The molecule has 2 aromatic carbocycles. The van der Waals surface area contributed by atoms with Gasteiger partial charge in [0.25, 0.3) is 5.91 Å². The van der Waals surface area contributed by atoms with Gasteiger partial charge in [0.15, 0.2) is 5.65 Å². The van der Waals surface area contributed by atoms with Gasteiger partial charge in [0, 0.05) is 26.2 Å². The van der Waals surface area contributed by atoms with Gasteiger partial charge in [0.1, 0.15) is 18.1 Å². The number of carbonyl (C=O) groups is 1. The molecule has 4 heterocycles. The number of aryl methyl sites for hydroxylation is 2. The molecule has 160 valence electrons. The summed E-state index contributed by atoms with van der Waals surface area (Å²) in [6, 6.07) is 14.4. The van der Waals surface area contributed by atoms with Crippen molar-refractivity contribution in [1.82, 2.24) is 24.0 Å². The first-order valence-electron chi connectivity index (χ1n) is 10.4. The van der Waals surface area contributed by atoms with Gasteiger partial charge in [-0.25, -0.2) is 9.97 Å². The van der Waals surface area contributed by atoms with Crippen LogP contribution in [0.4, 0.5) is 0 Å². The summed E-state index contributed by atoms with van der Waals surface area (Å²) in [6.07, 6.45) is 1.83. The first kappa shape index (κ1) is 19.1. The van der Waals surface area contributed by atoms with Crippen LogP contribution in [0.25, 0.3) is 32.5 Å². The van der Waals surface area contributed by atoms with Crippen LogP contribution in [0.3, 0.4) is 0 Å². The van der Waals surface area contributed by atoms with Gasteiger partial charge >= 0.3 is 0 Å². The predicted molar refractivity (Wildman–Crippen MR) is 125 cm³/mol. The first-order chi connectivity index (χ1) is 15.6. The lowest BCUT2D eigenvalue weighted by atomic mass is 10.0. The molecular formula is C24H21N5O2S. The van der Waals surface area contributed by atoms with Gasteiger partial charge in [0.2, 0.25) is 0 Å². The monoisotopic (exact) mass is 443 g/mol. The molecule has 8 heteroatoms. The molecule has 32 heavy (non-hydrogen) atoms. The second-order valence-electron chi connectivity index (χ2n) is 8.09. The largest absolute Gasteiger partial charge is 0.491 e. The number of amides is 1. The van der Waals surface area contributed by atoms with Crippen molar-refractivity contribution in [1.29, 1.82) is 0 Å². The average Bonchev–Trinajstić information content (AvgIpc) is 3.45. The van der Waals surface area contributed by atoms with E-state index in [1.54, 1.807) is 16.8 Å². The third kappa shape index (κ3) is 2.98. The number of hydrogen-bond acceptors (Lipinski definition) is 5. The third-order valence-electron chi connectivity index (χ3n) is 6.13. The Kier molecular flexibility index (Phi) is 4.29. The van der Waals surface area contributed by atoms with Crippen molar-refractivity contribution in [3.05, 3.63) is 65.6 Å². The number of carbonyl (C=O) groups excluding carboxylic acids is 1. The fourth-order valence-corrected chi connectivity index (χ4v) is 5.11. The SMILES string of the molecule is Cn1cnc2cc(-c3ccc4c(c3)CN(C(=O)c3cc5scnc5n3C)CCO4)ccc21. The van der Waals surface area contributed by atoms with Crippen molar-refractivity contribution in [3.8, 4) is 16.9 Å². The van der Waals surface area contributed by atoms with Gasteiger partial charge in [0.05, 0.1) is 34.1 Å². The van der Waals surface area contributed by atoms with Crippen molar-refractivity contribution < 1.29 is 9.53 Å². The highest BCUT2D eigenvalue weighted by Crippen LogP contribution is 2.31. The van der Waals surface area contributed by atoms with Crippen LogP contribution in [0.1, 0.15) is 16.1 Å². The Bertz CT molecular complexity index is 1500. The van der Waals surface area contributed by atoms with Gasteiger partial charge in [-0.1, -0.05) is 12.1 Å². The molecule has 0 aliphatic carbocycles. The smallest absolute Gasteiger partial charge is 0.271 e. The molecule has 5 aromatic rings. The van der Waals surface area contributed by atoms with E-state index in [0.717, 1.165) is 43.8 Å². The molecule has 1 aliphatic heterocycles. The van der Waals surface area contributed by atoms with E-state index in [9.17, 15) is 4.79 Å². The predicted octanol–water partition coefficient (Wildman–Crippen LogP) is 4.22. The first-order valence-corrected chi connectivity index (χ1v) is 11.3. The van der Waals surface area contributed by atoms with E-state index in [4.69, 9.17) is 4.74 Å². The van der Waals surface area contributed by atoms with Crippen molar-refractivity contribution in [2.45, 2.75) is 6.54 Å². The van der Waals surface area contributed by atoms with Crippen LogP contribution in [0.15, 0.2) is 54.3 Å². The van der Waals surface area contributed by atoms with E-state index in [-0.39, 0.29) is 5.91 Å². The highest BCUT2D eigenvalue weighted by Gasteiger charge is 2.24. The van der Waals surface area contributed by atoms with E-state index < -0.39 is 0 Å². The van der Waals surface area contributed by atoms with Crippen LogP contribution in [0.2, 0.25) is 0 Å². The van der Waals surface area contributed by atoms with Gasteiger partial charge < -0.3 is 18.8 Å². The average molecular weight is 444 g/mol. The Morgan fingerprint density at radius 3 is 2.78 bits per heavy atom. The number of thiazole rings is 1. The van der Waals surface area contributed by atoms with Crippen LogP contribution in [-0.2, 0) is 20.6 Å². The van der Waals surface area contributed by atoms with Crippen molar-refractivity contribution in [3.63, 3.8) is 0 Å². The highest BCUT2D eigenvalue weighted by molar-refractivity contribution is 7.16. The summed E-state index contributed by atoms with van der Waals surface area (Å²) in [4.78, 5) is 24.1. The van der Waals surface area contributed by atoms with E-state index >= 15 is 0 Å². The molecule has 0 bridgehead atoms. The number of nitrogens with zero attached hydrogens (tertiary/aromatic N) is 5. The van der Waals surface area contributed by atoms with E-state index in [1.165, 1.54) is 0 Å². The van der Waals surface area contributed by atoms with Crippen LogP contribution >= 0.6 is 11.3 Å². The van der Waals surface area contributed by atoms with Crippen molar-refractivity contribution in [2.75, 3.05) is 13.2 Å². The van der Waals surface area contributed by atoms with Crippen molar-refractivity contribution >= 4 is 38.6 Å². The molecule has 0 unspecified atom stereocenters. The lowest BCUT2D eigenvalue weighted by Crippen LogP contribution is -2.33. The van der Waals surface area contributed by atoms with Crippen LogP contribution < -0.4 is 4.74 Å². The second-order valence-corrected chi connectivity index (χ2v) is 8.97. The molecule has 3 aromatic heterocycles. The third-order valence-corrected chi connectivity index (χ3v) is 6.89. The highest BCUT2D eigenvalue weighted by atomic mass is 32.1. The minimum Gasteiger partial charge on any atom is -0.491 e. The summed E-state index contributed by atoms with van der Waals surface area (Å²) in [5, 5.41) is 0. The van der Waals surface area contributed by atoms with E-state index in [0.29, 0.717) is 25.4 Å². The fourth-order valence-electron chi connectivity index (χ4n) is 4.37.